The summed E-state index contributed by atoms with van der Waals surface area (Å²) in [6.45, 7) is 3.55. The summed E-state index contributed by atoms with van der Waals surface area (Å²) in [6.07, 6.45) is 81.9. The molecule has 0 aromatic rings. The molecule has 10 heteroatoms. The van der Waals surface area contributed by atoms with Crippen LogP contribution in [0.1, 0.15) is 206 Å². The number of phosphoric ester groups is 1. The van der Waals surface area contributed by atoms with Crippen LogP contribution < -0.4 is 5.73 Å². The van der Waals surface area contributed by atoms with Crippen molar-refractivity contribution >= 4 is 19.8 Å². The van der Waals surface area contributed by atoms with E-state index in [4.69, 9.17) is 24.3 Å². The van der Waals surface area contributed by atoms with Crippen LogP contribution in [-0.2, 0) is 32.7 Å². The first-order valence-electron chi connectivity index (χ1n) is 28.3. The van der Waals surface area contributed by atoms with E-state index in [1.54, 1.807) is 0 Å². The molecule has 2 unspecified atom stereocenters. The highest BCUT2D eigenvalue weighted by atomic mass is 31.2. The van der Waals surface area contributed by atoms with E-state index in [2.05, 4.69) is 160 Å². The SMILES string of the molecule is CC/C=C\C/C=C\C/C=C\C/C=C\C/C=C\C/C=C\C/C=C\C/C=C\C/C=C\C/C=C\C/C=C\CCCCCC(=O)OC(COC(=O)CCCCCCC/C=C\CCCCCCCC)COP(=O)(O)OCCN. The lowest BCUT2D eigenvalue weighted by atomic mass is 10.1. The molecule has 9 nitrogen and oxygen atoms in total. The quantitative estimate of drug-likeness (QED) is 0.0264. The number of rotatable bonds is 51. The maximum absolute atomic E-state index is 12.7. The third-order valence-corrected chi connectivity index (χ3v) is 12.2. The summed E-state index contributed by atoms with van der Waals surface area (Å²) < 4.78 is 32.9. The van der Waals surface area contributed by atoms with Gasteiger partial charge in [0.1, 0.15) is 6.61 Å². The molecule has 0 amide bonds. The second kappa shape index (κ2) is 57.2. The summed E-state index contributed by atoms with van der Waals surface area (Å²) in [5, 5.41) is 0. The van der Waals surface area contributed by atoms with Gasteiger partial charge in [-0.05, 0) is 122 Å². The van der Waals surface area contributed by atoms with E-state index in [1.807, 2.05) is 0 Å². The molecule has 0 saturated carbocycles. The van der Waals surface area contributed by atoms with Crippen molar-refractivity contribution in [1.82, 2.24) is 0 Å². The molecule has 2 atom stereocenters. The fourth-order valence-corrected chi connectivity index (χ4v) is 7.81. The molecule has 0 fully saturated rings. The first-order valence-corrected chi connectivity index (χ1v) is 29.8. The number of nitrogens with two attached hydrogens (primary N) is 1. The molecule has 0 rings (SSSR count). The maximum Gasteiger partial charge on any atom is 0.472 e. The number of esters is 2. The molecule has 0 aliphatic rings. The molecule has 73 heavy (non-hydrogen) atoms. The zero-order valence-corrected chi connectivity index (χ0v) is 46.7. The lowest BCUT2D eigenvalue weighted by Gasteiger charge is -2.19. The zero-order chi connectivity index (χ0) is 53.1. The van der Waals surface area contributed by atoms with Crippen molar-refractivity contribution in [2.45, 2.75) is 213 Å². The minimum atomic E-state index is -4.41. The second-order valence-electron chi connectivity index (χ2n) is 18.1. The number of unbranched alkanes of at least 4 members (excludes halogenated alkanes) is 14. The van der Waals surface area contributed by atoms with Gasteiger partial charge in [0.25, 0.3) is 0 Å². The maximum atomic E-state index is 12.7. The van der Waals surface area contributed by atoms with E-state index in [0.29, 0.717) is 12.8 Å². The lowest BCUT2D eigenvalue weighted by Crippen LogP contribution is -2.29. The Kier molecular flexibility index (Phi) is 54.0. The standard InChI is InChI=1S/C63H102NO8P/c1-3-5-7-9-11-13-15-17-19-20-21-22-23-24-25-26-27-28-29-30-31-32-33-34-35-36-37-38-39-40-42-44-46-48-50-52-54-56-63(66)72-61(60-71-73(67,68)70-58-57-64)59-69-62(65)55-53-51-49-47-45-43-41-18-16-14-12-10-8-6-4-2/h5,7,11,13,17-19,21-22,24-25,27-28,30-31,33-34,36-37,39-41,44,46,61H,3-4,6,8-10,12,14-16,20,23,26,29,32,35,38,42-43,45,47-60,64H2,1-2H3,(H,67,68)/b7-5-,13-11-,19-17-,22-21-,25-24-,28-27-,31-30-,34-33-,37-36-,40-39-,41-18-,46-44-. The number of allylic oxidation sites excluding steroid dienone is 24. The number of ether oxygens (including phenoxy) is 2. The van der Waals surface area contributed by atoms with Crippen LogP contribution in [0.15, 0.2) is 146 Å². The third-order valence-electron chi connectivity index (χ3n) is 11.2. The predicted molar refractivity (Wildman–Crippen MR) is 311 cm³/mol. The van der Waals surface area contributed by atoms with Gasteiger partial charge in [-0.2, -0.15) is 0 Å². The van der Waals surface area contributed by atoms with Crippen molar-refractivity contribution < 1.29 is 37.6 Å². The van der Waals surface area contributed by atoms with Crippen molar-refractivity contribution in [1.29, 1.82) is 0 Å². The summed E-state index contributed by atoms with van der Waals surface area (Å²) in [5.74, 6) is -0.887. The van der Waals surface area contributed by atoms with Gasteiger partial charge in [-0.25, -0.2) is 4.57 Å². The number of hydrogen-bond donors (Lipinski definition) is 2. The first kappa shape index (κ1) is 68.9. The second-order valence-corrected chi connectivity index (χ2v) is 19.5. The van der Waals surface area contributed by atoms with Crippen LogP contribution in [0.25, 0.3) is 0 Å². The highest BCUT2D eigenvalue weighted by molar-refractivity contribution is 7.47. The Morgan fingerprint density at radius 3 is 1.15 bits per heavy atom. The van der Waals surface area contributed by atoms with E-state index in [1.165, 1.54) is 44.9 Å². The third kappa shape index (κ3) is 57.0. The molecule has 0 spiro atoms. The van der Waals surface area contributed by atoms with Gasteiger partial charge in [-0.15, -0.1) is 0 Å². The van der Waals surface area contributed by atoms with Gasteiger partial charge >= 0.3 is 19.8 Å². The summed E-state index contributed by atoms with van der Waals surface area (Å²) in [4.78, 5) is 35.1. The highest BCUT2D eigenvalue weighted by Gasteiger charge is 2.26. The average molecular weight is 1030 g/mol. The van der Waals surface area contributed by atoms with Crippen LogP contribution in [-0.4, -0.2) is 49.3 Å². The largest absolute Gasteiger partial charge is 0.472 e. The van der Waals surface area contributed by atoms with E-state index in [0.717, 1.165) is 122 Å². The van der Waals surface area contributed by atoms with Crippen LogP contribution in [0.3, 0.4) is 0 Å². The van der Waals surface area contributed by atoms with Gasteiger partial charge in [0.2, 0.25) is 0 Å². The van der Waals surface area contributed by atoms with Gasteiger partial charge in [-0.3, -0.25) is 18.6 Å². The Labute approximate surface area is 446 Å². The summed E-state index contributed by atoms with van der Waals surface area (Å²) in [7, 11) is -4.41. The van der Waals surface area contributed by atoms with Crippen LogP contribution in [0.5, 0.6) is 0 Å². The molecule has 0 aliphatic heterocycles. The van der Waals surface area contributed by atoms with Crippen LogP contribution in [0.2, 0.25) is 0 Å². The molecule has 0 aromatic heterocycles. The number of carbonyl (C=O) groups excluding carboxylic acids is 2. The average Bonchev–Trinajstić information content (AvgIpc) is 3.38. The van der Waals surface area contributed by atoms with E-state index in [-0.39, 0.29) is 32.6 Å². The van der Waals surface area contributed by atoms with Crippen molar-refractivity contribution in [3.8, 4) is 0 Å². The van der Waals surface area contributed by atoms with Crippen molar-refractivity contribution in [2.24, 2.45) is 5.73 Å². The Morgan fingerprint density at radius 2 is 0.753 bits per heavy atom. The van der Waals surface area contributed by atoms with Gasteiger partial charge in [-0.1, -0.05) is 217 Å². The molecule has 0 saturated heterocycles. The van der Waals surface area contributed by atoms with Gasteiger partial charge in [0.05, 0.1) is 13.2 Å². The Balaban J connectivity index is 4.11. The van der Waals surface area contributed by atoms with E-state index in [9.17, 15) is 19.0 Å². The predicted octanol–water partition coefficient (Wildman–Crippen LogP) is 18.0. The van der Waals surface area contributed by atoms with Crippen molar-refractivity contribution in [2.75, 3.05) is 26.4 Å². The molecule has 0 aromatic carbocycles. The molecule has 0 aliphatic carbocycles. The van der Waals surface area contributed by atoms with Gasteiger partial charge in [0.15, 0.2) is 6.10 Å². The fraction of sp³-hybridized carbons (Fsp3) is 0.587. The smallest absolute Gasteiger partial charge is 0.462 e. The molecule has 412 valence electrons. The van der Waals surface area contributed by atoms with Gasteiger partial charge in [0, 0.05) is 19.4 Å². The van der Waals surface area contributed by atoms with Crippen LogP contribution in [0, 0.1) is 0 Å². The molecule has 3 N–H and O–H groups in total. The molecular formula is C63H102NO8P. The number of phosphoric acid groups is 1. The minimum absolute atomic E-state index is 0.0390. The zero-order valence-electron chi connectivity index (χ0n) is 45.8. The molecule has 0 radical (unpaired) electrons. The van der Waals surface area contributed by atoms with E-state index >= 15 is 0 Å². The Hall–Kier alpha value is -4.11. The first-order chi connectivity index (χ1) is 35.8. The Bertz CT molecular complexity index is 1700. The minimum Gasteiger partial charge on any atom is -0.462 e. The normalized spacial score (nSPS) is 14.2. The number of carbonyl (C=O) groups is 2. The highest BCUT2D eigenvalue weighted by Crippen LogP contribution is 2.43. The fourth-order valence-electron chi connectivity index (χ4n) is 7.04. The molecular weight excluding hydrogens is 930 g/mol. The topological polar surface area (TPSA) is 134 Å². The van der Waals surface area contributed by atoms with Crippen molar-refractivity contribution in [3.63, 3.8) is 0 Å². The molecule has 0 heterocycles. The Morgan fingerprint density at radius 1 is 0.425 bits per heavy atom. The summed E-state index contributed by atoms with van der Waals surface area (Å²) >= 11 is 0. The summed E-state index contributed by atoms with van der Waals surface area (Å²) in [6, 6.07) is 0. The monoisotopic (exact) mass is 1030 g/mol. The summed E-state index contributed by atoms with van der Waals surface area (Å²) in [5.41, 5.74) is 5.37. The van der Waals surface area contributed by atoms with Crippen LogP contribution in [0.4, 0.5) is 0 Å². The van der Waals surface area contributed by atoms with Crippen LogP contribution >= 0.6 is 7.82 Å². The molecule has 0 bridgehead atoms. The van der Waals surface area contributed by atoms with Crippen molar-refractivity contribution in [3.05, 3.63) is 146 Å². The van der Waals surface area contributed by atoms with Gasteiger partial charge < -0.3 is 20.1 Å². The lowest BCUT2D eigenvalue weighted by molar-refractivity contribution is -0.161. The van der Waals surface area contributed by atoms with E-state index < -0.39 is 32.5 Å². The number of hydrogen-bond acceptors (Lipinski definition) is 8.